The van der Waals surface area contributed by atoms with Gasteiger partial charge in [0.25, 0.3) is 0 Å². The number of aliphatic hydroxyl groups is 1. The second-order valence-electron chi connectivity index (χ2n) is 4.16. The van der Waals surface area contributed by atoms with Gasteiger partial charge >= 0.3 is 0 Å². The molecule has 86 valence electrons. The summed E-state index contributed by atoms with van der Waals surface area (Å²) in [5, 5.41) is 21.6. The van der Waals surface area contributed by atoms with Gasteiger partial charge in [0.1, 0.15) is 6.10 Å². The van der Waals surface area contributed by atoms with Crippen LogP contribution in [0.25, 0.3) is 0 Å². The first-order chi connectivity index (χ1) is 8.34. The number of hydrogen-bond acceptors (Lipinski definition) is 4. The fraction of sp³-hybridized carbons (Fsp3) is 0.231. The van der Waals surface area contributed by atoms with Crippen molar-refractivity contribution in [3.63, 3.8) is 0 Å². The molecule has 0 spiro atoms. The van der Waals surface area contributed by atoms with Gasteiger partial charge in [-0.3, -0.25) is 0 Å². The average molecular weight is 227 g/mol. The third-order valence-corrected chi connectivity index (χ3v) is 2.98. The van der Waals surface area contributed by atoms with Gasteiger partial charge in [-0.1, -0.05) is 30.3 Å². The van der Waals surface area contributed by atoms with Crippen molar-refractivity contribution in [1.82, 2.24) is 15.5 Å². The van der Waals surface area contributed by atoms with E-state index >= 15 is 0 Å². The lowest BCUT2D eigenvalue weighted by molar-refractivity contribution is 0.214. The Bertz CT molecular complexity index is 527. The van der Waals surface area contributed by atoms with E-state index in [1.807, 2.05) is 36.4 Å². The molecular formula is C13H13N3O. The quantitative estimate of drug-likeness (QED) is 0.808. The van der Waals surface area contributed by atoms with Crippen molar-refractivity contribution in [1.29, 1.82) is 0 Å². The van der Waals surface area contributed by atoms with Crippen molar-refractivity contribution in [2.45, 2.75) is 19.2 Å². The Morgan fingerprint density at radius 2 is 1.94 bits per heavy atom. The molecule has 0 fully saturated rings. The second kappa shape index (κ2) is 4.24. The number of nitrogens with zero attached hydrogens (tertiary/aromatic N) is 2. The van der Waals surface area contributed by atoms with Gasteiger partial charge in [0, 0.05) is 13.1 Å². The predicted molar refractivity (Wildman–Crippen MR) is 63.1 cm³/mol. The third kappa shape index (κ3) is 1.92. The minimum atomic E-state index is -0.699. The van der Waals surface area contributed by atoms with Crippen molar-refractivity contribution in [3.05, 3.63) is 58.9 Å². The van der Waals surface area contributed by atoms with Gasteiger partial charge in [-0.05, 0) is 17.2 Å². The van der Waals surface area contributed by atoms with Crippen LogP contribution in [0.1, 0.15) is 28.6 Å². The van der Waals surface area contributed by atoms with Gasteiger partial charge < -0.3 is 10.4 Å². The molecule has 0 bridgehead atoms. The van der Waals surface area contributed by atoms with Crippen LogP contribution in [0.4, 0.5) is 0 Å². The molecule has 2 aromatic rings. The number of nitrogens with one attached hydrogen (secondary N) is 1. The van der Waals surface area contributed by atoms with Crippen LogP contribution in [0.2, 0.25) is 0 Å². The molecule has 1 aliphatic heterocycles. The summed E-state index contributed by atoms with van der Waals surface area (Å²) in [5.41, 5.74) is 3.56. The Morgan fingerprint density at radius 3 is 2.76 bits per heavy atom. The van der Waals surface area contributed by atoms with E-state index in [0.717, 1.165) is 29.9 Å². The highest BCUT2D eigenvalue weighted by Gasteiger charge is 2.17. The maximum Gasteiger partial charge on any atom is 0.123 e. The van der Waals surface area contributed by atoms with E-state index in [4.69, 9.17) is 0 Å². The molecule has 1 atom stereocenters. The van der Waals surface area contributed by atoms with Crippen LogP contribution in [0.5, 0.6) is 0 Å². The Labute approximate surface area is 99.3 Å². The molecule has 1 unspecified atom stereocenters. The number of aromatic nitrogens is 2. The molecular weight excluding hydrogens is 214 g/mol. The van der Waals surface area contributed by atoms with E-state index in [9.17, 15) is 5.11 Å². The van der Waals surface area contributed by atoms with Gasteiger partial charge in [-0.2, -0.15) is 10.2 Å². The molecule has 0 aliphatic carbocycles. The number of hydrogen-bond donors (Lipinski definition) is 2. The topological polar surface area (TPSA) is 58.0 Å². The number of benzene rings is 1. The van der Waals surface area contributed by atoms with E-state index in [-0.39, 0.29) is 0 Å². The van der Waals surface area contributed by atoms with Gasteiger partial charge in [-0.15, -0.1) is 0 Å². The Balaban J connectivity index is 1.94. The van der Waals surface area contributed by atoms with Gasteiger partial charge in [0.2, 0.25) is 0 Å². The van der Waals surface area contributed by atoms with Gasteiger partial charge in [0.05, 0.1) is 11.4 Å². The smallest absolute Gasteiger partial charge is 0.123 e. The van der Waals surface area contributed by atoms with Gasteiger partial charge in [-0.25, -0.2) is 0 Å². The van der Waals surface area contributed by atoms with Crippen LogP contribution in [0.15, 0.2) is 36.4 Å². The van der Waals surface area contributed by atoms with Crippen molar-refractivity contribution in [2.24, 2.45) is 0 Å². The first kappa shape index (κ1) is 10.4. The van der Waals surface area contributed by atoms with E-state index in [2.05, 4.69) is 15.5 Å². The molecule has 4 nitrogen and oxygen atoms in total. The first-order valence-electron chi connectivity index (χ1n) is 5.64. The summed E-state index contributed by atoms with van der Waals surface area (Å²) in [6, 6.07) is 11.4. The minimum absolute atomic E-state index is 0.610. The number of rotatable bonds is 2. The monoisotopic (exact) mass is 227 g/mol. The Hall–Kier alpha value is -1.78. The highest BCUT2D eigenvalue weighted by molar-refractivity contribution is 5.30. The van der Waals surface area contributed by atoms with Crippen molar-refractivity contribution in [2.75, 3.05) is 0 Å². The van der Waals surface area contributed by atoms with Crippen LogP contribution >= 0.6 is 0 Å². The SMILES string of the molecule is OC(c1ccccc1)c1cc2c(nn1)CNC2. The molecule has 0 saturated carbocycles. The van der Waals surface area contributed by atoms with Crippen LogP contribution in [0, 0.1) is 0 Å². The standard InChI is InChI=1S/C13H13N3O/c17-13(9-4-2-1-3-5-9)11-6-10-7-14-8-12(10)16-15-11/h1-6,13-14,17H,7-8H2. The summed E-state index contributed by atoms with van der Waals surface area (Å²) < 4.78 is 0. The Morgan fingerprint density at radius 1 is 1.12 bits per heavy atom. The summed E-state index contributed by atoms with van der Waals surface area (Å²) in [7, 11) is 0. The van der Waals surface area contributed by atoms with E-state index in [0.29, 0.717) is 5.69 Å². The molecule has 4 heteroatoms. The Kier molecular flexibility index (Phi) is 2.59. The summed E-state index contributed by atoms with van der Waals surface area (Å²) in [4.78, 5) is 0. The van der Waals surface area contributed by atoms with E-state index in [1.54, 1.807) is 0 Å². The summed E-state index contributed by atoms with van der Waals surface area (Å²) in [6.07, 6.45) is -0.699. The molecule has 1 aliphatic rings. The predicted octanol–water partition coefficient (Wildman–Crippen LogP) is 1.16. The maximum atomic E-state index is 10.2. The number of aliphatic hydroxyl groups excluding tert-OH is 1. The lowest BCUT2D eigenvalue weighted by Crippen LogP contribution is -2.05. The number of fused-ring (bicyclic) bond motifs is 1. The summed E-state index contributed by atoms with van der Waals surface area (Å²) >= 11 is 0. The molecule has 1 aromatic carbocycles. The molecule has 1 aromatic heterocycles. The molecule has 0 saturated heterocycles. The zero-order valence-electron chi connectivity index (χ0n) is 9.30. The van der Waals surface area contributed by atoms with Gasteiger partial charge in [0.15, 0.2) is 0 Å². The van der Waals surface area contributed by atoms with Crippen molar-refractivity contribution in [3.8, 4) is 0 Å². The average Bonchev–Trinajstić information content (AvgIpc) is 2.86. The molecule has 2 N–H and O–H groups in total. The summed E-state index contributed by atoms with van der Waals surface area (Å²) in [6.45, 7) is 1.57. The molecule has 0 radical (unpaired) electrons. The minimum Gasteiger partial charge on any atom is -0.382 e. The van der Waals surface area contributed by atoms with Crippen LogP contribution in [0.3, 0.4) is 0 Å². The lowest BCUT2D eigenvalue weighted by Gasteiger charge is -2.10. The normalized spacial score (nSPS) is 15.6. The van der Waals surface area contributed by atoms with Crippen molar-refractivity contribution < 1.29 is 5.11 Å². The zero-order chi connectivity index (χ0) is 11.7. The maximum absolute atomic E-state index is 10.2. The molecule has 0 amide bonds. The lowest BCUT2D eigenvalue weighted by atomic mass is 10.1. The second-order valence-corrected chi connectivity index (χ2v) is 4.16. The fourth-order valence-corrected chi connectivity index (χ4v) is 2.03. The highest BCUT2D eigenvalue weighted by atomic mass is 16.3. The van der Waals surface area contributed by atoms with E-state index in [1.165, 1.54) is 0 Å². The van der Waals surface area contributed by atoms with Crippen molar-refractivity contribution >= 4 is 0 Å². The zero-order valence-corrected chi connectivity index (χ0v) is 9.30. The third-order valence-electron chi connectivity index (χ3n) is 2.98. The fourth-order valence-electron chi connectivity index (χ4n) is 2.03. The van der Waals surface area contributed by atoms with Crippen LogP contribution in [-0.4, -0.2) is 15.3 Å². The largest absolute Gasteiger partial charge is 0.382 e. The van der Waals surface area contributed by atoms with Crippen LogP contribution in [-0.2, 0) is 13.1 Å². The molecule has 3 rings (SSSR count). The summed E-state index contributed by atoms with van der Waals surface area (Å²) in [5.74, 6) is 0. The molecule has 2 heterocycles. The van der Waals surface area contributed by atoms with E-state index < -0.39 is 6.10 Å². The van der Waals surface area contributed by atoms with Crippen LogP contribution < -0.4 is 5.32 Å². The highest BCUT2D eigenvalue weighted by Crippen LogP contribution is 2.22. The first-order valence-corrected chi connectivity index (χ1v) is 5.64. The molecule has 17 heavy (non-hydrogen) atoms.